The summed E-state index contributed by atoms with van der Waals surface area (Å²) in [5.74, 6) is -3.07. The van der Waals surface area contributed by atoms with E-state index in [2.05, 4.69) is 0 Å². The molecule has 1 amide bonds. The van der Waals surface area contributed by atoms with Crippen molar-refractivity contribution in [2.75, 3.05) is 0 Å². The van der Waals surface area contributed by atoms with E-state index in [0.29, 0.717) is 5.56 Å². The van der Waals surface area contributed by atoms with Gasteiger partial charge >= 0.3 is 0 Å². The van der Waals surface area contributed by atoms with Crippen molar-refractivity contribution in [3.05, 3.63) is 35.9 Å². The molecule has 3 unspecified atom stereocenters. The van der Waals surface area contributed by atoms with Crippen LogP contribution in [0.15, 0.2) is 30.3 Å². The summed E-state index contributed by atoms with van der Waals surface area (Å²) in [6.45, 7) is 1.60. The molecule has 2 N–H and O–H groups in total. The van der Waals surface area contributed by atoms with Crippen molar-refractivity contribution in [3.8, 4) is 18.2 Å². The van der Waals surface area contributed by atoms with Gasteiger partial charge in [-0.25, -0.2) is 0 Å². The molecule has 0 spiro atoms. The number of rotatable bonds is 2. The van der Waals surface area contributed by atoms with E-state index in [1.165, 1.54) is 0 Å². The molecule has 1 fully saturated rings. The Morgan fingerprint density at radius 2 is 1.74 bits per heavy atom. The fourth-order valence-corrected chi connectivity index (χ4v) is 3.41. The van der Waals surface area contributed by atoms with Gasteiger partial charge in [0.1, 0.15) is 5.78 Å². The quantitative estimate of drug-likeness (QED) is 0.882. The molecule has 0 radical (unpaired) electrons. The minimum Gasteiger partial charge on any atom is -0.368 e. The smallest absolute Gasteiger partial charge is 0.241 e. The van der Waals surface area contributed by atoms with Gasteiger partial charge < -0.3 is 5.73 Å². The summed E-state index contributed by atoms with van der Waals surface area (Å²) in [4.78, 5) is 24.4. The number of nitrogens with zero attached hydrogens (tertiary/aromatic N) is 3. The summed E-state index contributed by atoms with van der Waals surface area (Å²) >= 11 is 0. The van der Waals surface area contributed by atoms with Crippen LogP contribution in [0.2, 0.25) is 0 Å². The van der Waals surface area contributed by atoms with Crippen molar-refractivity contribution in [1.82, 2.24) is 0 Å². The standard InChI is InChI=1S/C17H14N4O2/c1-11-13(22)7-16(8-18,15(21)23)17(9-19,10-20)14(11)12-5-3-2-4-6-12/h2-6,11,14H,7H2,1H3,(H2,21,23). The zero-order chi connectivity index (χ0) is 17.3. The van der Waals surface area contributed by atoms with E-state index in [9.17, 15) is 25.4 Å². The molecule has 6 heteroatoms. The van der Waals surface area contributed by atoms with Gasteiger partial charge in [0, 0.05) is 18.3 Å². The fourth-order valence-electron chi connectivity index (χ4n) is 3.41. The Labute approximate surface area is 133 Å². The van der Waals surface area contributed by atoms with Crippen LogP contribution in [0.5, 0.6) is 0 Å². The summed E-state index contributed by atoms with van der Waals surface area (Å²) in [6.07, 6.45) is -0.523. The molecule has 6 nitrogen and oxygen atoms in total. The predicted octanol–water partition coefficient (Wildman–Crippen LogP) is 1.41. The van der Waals surface area contributed by atoms with Crippen LogP contribution in [0, 0.1) is 50.7 Å². The molecule has 1 aromatic rings. The number of Topliss-reactive ketones (excluding diaryl/α,β-unsaturated/α-hetero) is 1. The molecular formula is C17H14N4O2. The third kappa shape index (κ3) is 1.99. The van der Waals surface area contributed by atoms with Crippen molar-refractivity contribution >= 4 is 11.7 Å². The molecule has 2 rings (SSSR count). The van der Waals surface area contributed by atoms with E-state index in [4.69, 9.17) is 5.73 Å². The Kier molecular flexibility index (Phi) is 3.91. The second kappa shape index (κ2) is 5.55. The monoisotopic (exact) mass is 306 g/mol. The lowest BCUT2D eigenvalue weighted by atomic mass is 9.48. The van der Waals surface area contributed by atoms with E-state index in [1.54, 1.807) is 43.3 Å². The molecular weight excluding hydrogens is 292 g/mol. The number of hydrogen-bond acceptors (Lipinski definition) is 5. The number of nitrogens with two attached hydrogens (primary N) is 1. The molecule has 1 aromatic carbocycles. The topological polar surface area (TPSA) is 132 Å². The Morgan fingerprint density at radius 1 is 1.17 bits per heavy atom. The Hall–Kier alpha value is -3.17. The molecule has 1 aliphatic rings. The van der Waals surface area contributed by atoms with Gasteiger partial charge in [-0.3, -0.25) is 9.59 Å². The first-order chi connectivity index (χ1) is 10.9. The van der Waals surface area contributed by atoms with Crippen LogP contribution in [-0.4, -0.2) is 11.7 Å². The predicted molar refractivity (Wildman–Crippen MR) is 78.9 cm³/mol. The molecule has 0 aromatic heterocycles. The van der Waals surface area contributed by atoms with E-state index in [-0.39, 0.29) is 5.78 Å². The average Bonchev–Trinajstić information content (AvgIpc) is 2.57. The van der Waals surface area contributed by atoms with E-state index >= 15 is 0 Å². The van der Waals surface area contributed by atoms with Crippen molar-refractivity contribution in [2.24, 2.45) is 22.5 Å². The van der Waals surface area contributed by atoms with E-state index in [1.807, 2.05) is 12.1 Å². The summed E-state index contributed by atoms with van der Waals surface area (Å²) in [5.41, 5.74) is 1.73. The first-order valence-electron chi connectivity index (χ1n) is 7.01. The zero-order valence-electron chi connectivity index (χ0n) is 12.5. The van der Waals surface area contributed by atoms with E-state index < -0.39 is 35.0 Å². The number of hydrogen-bond donors (Lipinski definition) is 1. The molecule has 0 bridgehead atoms. The van der Waals surface area contributed by atoms with Crippen LogP contribution in [0.1, 0.15) is 24.8 Å². The van der Waals surface area contributed by atoms with Crippen LogP contribution < -0.4 is 5.73 Å². The van der Waals surface area contributed by atoms with Gasteiger partial charge in [0.05, 0.1) is 18.2 Å². The summed E-state index contributed by atoms with van der Waals surface area (Å²) in [7, 11) is 0. The molecule has 0 heterocycles. The van der Waals surface area contributed by atoms with Crippen LogP contribution >= 0.6 is 0 Å². The van der Waals surface area contributed by atoms with Gasteiger partial charge in [0.15, 0.2) is 10.8 Å². The van der Waals surface area contributed by atoms with Crippen molar-refractivity contribution in [1.29, 1.82) is 15.8 Å². The van der Waals surface area contributed by atoms with Gasteiger partial charge in [-0.05, 0) is 5.56 Å². The second-order valence-electron chi connectivity index (χ2n) is 5.73. The second-order valence-corrected chi connectivity index (χ2v) is 5.73. The van der Waals surface area contributed by atoms with Gasteiger partial charge in [0.25, 0.3) is 0 Å². The van der Waals surface area contributed by atoms with Crippen LogP contribution in [0.3, 0.4) is 0 Å². The zero-order valence-corrected chi connectivity index (χ0v) is 12.5. The lowest BCUT2D eigenvalue weighted by Crippen LogP contribution is -2.58. The largest absolute Gasteiger partial charge is 0.368 e. The highest BCUT2D eigenvalue weighted by Crippen LogP contribution is 2.57. The number of ketones is 1. The van der Waals surface area contributed by atoms with Crippen LogP contribution in [0.25, 0.3) is 0 Å². The highest BCUT2D eigenvalue weighted by Gasteiger charge is 2.67. The van der Waals surface area contributed by atoms with Crippen molar-refractivity contribution < 1.29 is 9.59 Å². The summed E-state index contributed by atoms with van der Waals surface area (Å²) < 4.78 is 0. The molecule has 1 aliphatic carbocycles. The Morgan fingerprint density at radius 3 is 2.17 bits per heavy atom. The minimum absolute atomic E-state index is 0.361. The minimum atomic E-state index is -2.17. The highest BCUT2D eigenvalue weighted by molar-refractivity contribution is 5.96. The molecule has 0 aliphatic heterocycles. The van der Waals surface area contributed by atoms with Gasteiger partial charge in [-0.1, -0.05) is 37.3 Å². The van der Waals surface area contributed by atoms with E-state index in [0.717, 1.165) is 0 Å². The first kappa shape index (κ1) is 16.2. The maximum Gasteiger partial charge on any atom is 0.241 e. The molecule has 0 saturated heterocycles. The first-order valence-corrected chi connectivity index (χ1v) is 7.01. The van der Waals surface area contributed by atoms with Crippen molar-refractivity contribution in [3.63, 3.8) is 0 Å². The molecule has 114 valence electrons. The molecule has 23 heavy (non-hydrogen) atoms. The Bertz CT molecular complexity index is 768. The third-order valence-corrected chi connectivity index (χ3v) is 4.71. The summed E-state index contributed by atoms with van der Waals surface area (Å²) in [5, 5.41) is 29.1. The normalized spacial score (nSPS) is 28.9. The number of carbonyl (C=O) groups is 2. The number of nitriles is 3. The summed E-state index contributed by atoms with van der Waals surface area (Å²) in [6, 6.07) is 13.9. The SMILES string of the molecule is CC1C(=O)CC(C#N)(C(N)=O)C(C#N)(C#N)C1c1ccccc1. The third-order valence-electron chi connectivity index (χ3n) is 4.71. The average molecular weight is 306 g/mol. The molecule has 1 saturated carbocycles. The Balaban J connectivity index is 2.85. The lowest BCUT2D eigenvalue weighted by Gasteiger charge is -2.46. The fraction of sp³-hybridized carbons (Fsp3) is 0.353. The highest BCUT2D eigenvalue weighted by atomic mass is 16.2. The maximum atomic E-state index is 12.4. The number of benzene rings is 1. The van der Waals surface area contributed by atoms with Crippen molar-refractivity contribution in [2.45, 2.75) is 19.3 Å². The van der Waals surface area contributed by atoms with Gasteiger partial charge in [-0.2, -0.15) is 15.8 Å². The number of amides is 1. The lowest BCUT2D eigenvalue weighted by molar-refractivity contribution is -0.141. The number of primary amides is 1. The number of carbonyl (C=O) groups excluding carboxylic acids is 2. The van der Waals surface area contributed by atoms with Gasteiger partial charge in [-0.15, -0.1) is 0 Å². The van der Waals surface area contributed by atoms with Gasteiger partial charge in [0.2, 0.25) is 5.91 Å². The van der Waals surface area contributed by atoms with Crippen LogP contribution in [0.4, 0.5) is 0 Å². The maximum absolute atomic E-state index is 12.4. The van der Waals surface area contributed by atoms with Crippen LogP contribution in [-0.2, 0) is 9.59 Å². The molecule has 3 atom stereocenters.